The van der Waals surface area contributed by atoms with Crippen LogP contribution >= 0.6 is 23.4 Å². The topological polar surface area (TPSA) is 106 Å². The number of nitrogens with zero attached hydrogens (tertiary/aromatic N) is 2. The van der Waals surface area contributed by atoms with Gasteiger partial charge in [0.25, 0.3) is 0 Å². The minimum atomic E-state index is -3.78. The third kappa shape index (κ3) is 5.37. The lowest BCUT2D eigenvalue weighted by Gasteiger charge is -2.11. The first-order chi connectivity index (χ1) is 10.3. The summed E-state index contributed by atoms with van der Waals surface area (Å²) in [5.74, 6) is -0.210. The summed E-state index contributed by atoms with van der Waals surface area (Å²) >= 11 is 5.73. The second-order valence-electron chi connectivity index (χ2n) is 3.91. The lowest BCUT2D eigenvalue weighted by molar-refractivity contribution is -0.113. The molecule has 2 aromatic rings. The summed E-state index contributed by atoms with van der Waals surface area (Å²) in [5.41, 5.74) is 1.99. The van der Waals surface area contributed by atoms with Crippen LogP contribution in [-0.2, 0) is 4.79 Å². The van der Waals surface area contributed by atoms with Crippen molar-refractivity contribution < 1.29 is 18.3 Å². The van der Waals surface area contributed by atoms with Crippen molar-refractivity contribution in [1.82, 2.24) is 15.2 Å². The van der Waals surface area contributed by atoms with Crippen LogP contribution in [0.25, 0.3) is 0 Å². The van der Waals surface area contributed by atoms with Gasteiger partial charge in [0.05, 0.1) is 5.75 Å². The number of ether oxygens (including phenoxy) is 1. The first kappa shape index (κ1) is 16.3. The predicted octanol–water partition coefficient (Wildman–Crippen LogP) is 2.29. The van der Waals surface area contributed by atoms with Crippen LogP contribution < -0.4 is 15.8 Å². The zero-order valence-electron chi connectivity index (χ0n) is 10.8. The number of halogens is 3. The number of thioether (sulfide) groups is 1. The van der Waals surface area contributed by atoms with Crippen LogP contribution in [0.1, 0.15) is 0 Å². The van der Waals surface area contributed by atoms with Crippen molar-refractivity contribution in [1.29, 1.82) is 0 Å². The van der Waals surface area contributed by atoms with Crippen molar-refractivity contribution in [2.75, 3.05) is 16.8 Å². The second kappa shape index (κ2) is 6.79. The van der Waals surface area contributed by atoms with Crippen LogP contribution in [0.5, 0.6) is 5.75 Å². The third-order valence-corrected chi connectivity index (χ3v) is 3.11. The monoisotopic (exact) mass is 349 g/mol. The number of amides is 1. The fourth-order valence-corrected chi connectivity index (χ4v) is 2.08. The Morgan fingerprint density at radius 1 is 1.45 bits per heavy atom. The van der Waals surface area contributed by atoms with Crippen molar-refractivity contribution in [3.8, 4) is 5.75 Å². The maximum absolute atomic E-state index is 12.4. The summed E-state index contributed by atoms with van der Waals surface area (Å²) in [6.45, 7) is 0. The van der Waals surface area contributed by atoms with Gasteiger partial charge in [-0.1, -0.05) is 11.8 Å². The summed E-state index contributed by atoms with van der Waals surface area (Å²) in [7, 11) is 0. The summed E-state index contributed by atoms with van der Waals surface area (Å²) in [4.78, 5) is 15.5. The lowest BCUT2D eigenvalue weighted by Crippen LogP contribution is -2.16. The number of benzene rings is 1. The maximum atomic E-state index is 12.4. The van der Waals surface area contributed by atoms with E-state index in [-0.39, 0.29) is 23.4 Å². The Labute approximate surface area is 132 Å². The summed E-state index contributed by atoms with van der Waals surface area (Å²) in [6.07, 6.45) is 0. The van der Waals surface area contributed by atoms with E-state index in [9.17, 15) is 13.6 Å². The first-order valence-electron chi connectivity index (χ1n) is 5.78. The van der Waals surface area contributed by atoms with Crippen LogP contribution in [0.3, 0.4) is 0 Å². The van der Waals surface area contributed by atoms with Crippen LogP contribution in [-0.4, -0.2) is 32.4 Å². The molecule has 1 heterocycles. The Morgan fingerprint density at radius 3 is 2.68 bits per heavy atom. The van der Waals surface area contributed by atoms with Crippen molar-refractivity contribution in [2.45, 2.75) is 10.7 Å². The van der Waals surface area contributed by atoms with Gasteiger partial charge in [-0.15, -0.1) is 13.9 Å². The molecule has 0 aliphatic carbocycles. The van der Waals surface area contributed by atoms with E-state index in [1.54, 1.807) is 0 Å². The van der Waals surface area contributed by atoms with Gasteiger partial charge in [-0.25, -0.2) is 5.10 Å². The fraction of sp³-hybridized carbons (Fsp3) is 0.182. The Morgan fingerprint density at radius 2 is 2.14 bits per heavy atom. The summed E-state index contributed by atoms with van der Waals surface area (Å²) < 4.78 is 29.0. The highest BCUT2D eigenvalue weighted by molar-refractivity contribution is 7.99. The number of aromatic nitrogens is 3. The normalized spacial score (nSPS) is 11.2. The van der Waals surface area contributed by atoms with E-state index in [4.69, 9.17) is 5.73 Å². The second-order valence-corrected chi connectivity index (χ2v) is 5.29. The number of nitrogens with two attached hydrogens (primary N) is 1. The number of alkyl halides is 3. The molecule has 1 aromatic heterocycles. The Balaban J connectivity index is 1.83. The molecule has 1 aromatic carbocycles. The van der Waals surface area contributed by atoms with Crippen molar-refractivity contribution in [3.63, 3.8) is 0 Å². The molecule has 0 fully saturated rings. The highest BCUT2D eigenvalue weighted by Gasteiger charge is 2.27. The molecule has 118 valence electrons. The van der Waals surface area contributed by atoms with Gasteiger partial charge in [-0.2, -0.15) is 4.98 Å². The molecule has 2 rings (SSSR count). The number of nitrogen functional groups attached to an aromatic ring is 1. The molecule has 0 atom stereocenters. The quantitative estimate of drug-likeness (QED) is 0.545. The van der Waals surface area contributed by atoms with Gasteiger partial charge in [-0.05, 0) is 24.3 Å². The molecule has 0 saturated carbocycles. The van der Waals surface area contributed by atoms with Crippen LogP contribution in [0.4, 0.5) is 20.4 Å². The maximum Gasteiger partial charge on any atom is 0.487 e. The zero-order chi connectivity index (χ0) is 16.2. The van der Waals surface area contributed by atoms with Crippen LogP contribution in [0, 0.1) is 0 Å². The van der Waals surface area contributed by atoms with E-state index in [2.05, 4.69) is 36.8 Å². The van der Waals surface area contributed by atoms with Crippen LogP contribution in [0.2, 0.25) is 0 Å². The van der Waals surface area contributed by atoms with Crippen molar-refractivity contribution in [3.05, 3.63) is 24.3 Å². The van der Waals surface area contributed by atoms with Gasteiger partial charge in [0.15, 0.2) is 0 Å². The molecule has 4 N–H and O–H groups in total. The van der Waals surface area contributed by atoms with E-state index in [0.29, 0.717) is 10.8 Å². The van der Waals surface area contributed by atoms with Gasteiger partial charge >= 0.3 is 5.57 Å². The third-order valence-electron chi connectivity index (χ3n) is 2.19. The van der Waals surface area contributed by atoms with Crippen LogP contribution in [0.15, 0.2) is 29.4 Å². The number of nitrogens with one attached hydrogen (secondary N) is 2. The Hall–Kier alpha value is -2.07. The number of aromatic amines is 1. The highest BCUT2D eigenvalue weighted by Crippen LogP contribution is 2.26. The van der Waals surface area contributed by atoms with E-state index in [1.165, 1.54) is 24.3 Å². The predicted molar refractivity (Wildman–Crippen MR) is 78.0 cm³/mol. The van der Waals surface area contributed by atoms with Gasteiger partial charge in [0.2, 0.25) is 17.0 Å². The standard InChI is InChI=1S/C11H10ClF2N5O2S/c12-11(13,14)21-7-3-1-6(2-4-7)16-8(20)5-22-10-17-9(15)18-19-10/h1-4H,5H2,(H,16,20)(H3,15,17,18,19). The Bertz CT molecular complexity index is 647. The number of carbonyl (C=O) groups excluding carboxylic acids is 1. The summed E-state index contributed by atoms with van der Waals surface area (Å²) in [6, 6.07) is 5.33. The Kier molecular flexibility index (Phi) is 5.03. The van der Waals surface area contributed by atoms with E-state index in [1.807, 2.05) is 0 Å². The van der Waals surface area contributed by atoms with Gasteiger partial charge in [0.1, 0.15) is 5.75 Å². The molecule has 0 aliphatic heterocycles. The average molecular weight is 350 g/mol. The number of rotatable bonds is 6. The minimum Gasteiger partial charge on any atom is -0.420 e. The molecule has 0 unspecified atom stereocenters. The van der Waals surface area contributed by atoms with Gasteiger partial charge in [-0.3, -0.25) is 4.79 Å². The molecule has 0 bridgehead atoms. The molecule has 0 aliphatic rings. The molecule has 0 spiro atoms. The average Bonchev–Trinajstić information content (AvgIpc) is 2.83. The lowest BCUT2D eigenvalue weighted by atomic mass is 10.3. The molecular weight excluding hydrogens is 340 g/mol. The molecule has 7 nitrogen and oxygen atoms in total. The fourth-order valence-electron chi connectivity index (χ4n) is 1.39. The highest BCUT2D eigenvalue weighted by atomic mass is 35.5. The minimum absolute atomic E-state index is 0.0648. The van der Waals surface area contributed by atoms with Gasteiger partial charge < -0.3 is 15.8 Å². The van der Waals surface area contributed by atoms with Crippen molar-refractivity contribution >= 4 is 40.9 Å². The number of H-pyrrole nitrogens is 1. The largest absolute Gasteiger partial charge is 0.487 e. The first-order valence-corrected chi connectivity index (χ1v) is 7.14. The molecule has 22 heavy (non-hydrogen) atoms. The summed E-state index contributed by atoms with van der Waals surface area (Å²) in [5, 5.41) is 9.13. The SMILES string of the molecule is Nc1nc(SCC(=O)Nc2ccc(OC(F)(F)Cl)cc2)n[nH]1. The molecule has 0 saturated heterocycles. The zero-order valence-corrected chi connectivity index (χ0v) is 12.4. The number of carbonyl (C=O) groups is 1. The van der Waals surface area contributed by atoms with E-state index >= 15 is 0 Å². The smallest absolute Gasteiger partial charge is 0.420 e. The van der Waals surface area contributed by atoms with Crippen molar-refractivity contribution in [2.24, 2.45) is 0 Å². The number of anilines is 2. The molecule has 0 radical (unpaired) electrons. The number of hydrogen-bond donors (Lipinski definition) is 3. The molecular formula is C11H10ClF2N5O2S. The number of hydrogen-bond acceptors (Lipinski definition) is 6. The molecule has 1 amide bonds. The van der Waals surface area contributed by atoms with E-state index in [0.717, 1.165) is 11.8 Å². The van der Waals surface area contributed by atoms with E-state index < -0.39 is 5.57 Å². The van der Waals surface area contributed by atoms with Gasteiger partial charge in [0, 0.05) is 17.3 Å². The molecule has 11 heteroatoms.